The molecule has 0 aliphatic heterocycles. The summed E-state index contributed by atoms with van der Waals surface area (Å²) in [6.07, 6.45) is 8.97. The Balaban J connectivity index is 1.48. The van der Waals surface area contributed by atoms with Crippen LogP contribution in [0, 0.1) is 0 Å². The molecule has 4 rings (SSSR count). The third-order valence-corrected chi connectivity index (χ3v) is 6.46. The normalized spacial score (nSPS) is 19.4. The number of ketones is 1. The number of allylic oxidation sites excluding steroid dienone is 1. The Hall–Kier alpha value is -3.09. The van der Waals surface area contributed by atoms with Crippen LogP contribution < -0.4 is 4.74 Å². The zero-order valence-electron chi connectivity index (χ0n) is 18.0. The zero-order valence-corrected chi connectivity index (χ0v) is 18.8. The first kappa shape index (κ1) is 22.1. The minimum Gasteiger partial charge on any atom is -0.494 e. The predicted octanol–water partition coefficient (Wildman–Crippen LogP) is 5.04. The molecule has 0 spiro atoms. The molecule has 32 heavy (non-hydrogen) atoms. The Labute approximate surface area is 192 Å². The third-order valence-electron chi connectivity index (χ3n) is 5.36. The summed E-state index contributed by atoms with van der Waals surface area (Å²) in [5.74, 6) is 0.686. The van der Waals surface area contributed by atoms with Crippen molar-refractivity contribution in [3.8, 4) is 5.75 Å². The summed E-state index contributed by atoms with van der Waals surface area (Å²) in [5, 5.41) is 12.2. The summed E-state index contributed by atoms with van der Waals surface area (Å²) in [4.78, 5) is 18.1. The third kappa shape index (κ3) is 5.21. The molecule has 1 aliphatic rings. The fourth-order valence-electron chi connectivity index (χ4n) is 3.63. The molecule has 1 unspecified atom stereocenters. The number of aromatic nitrogens is 2. The molecule has 1 atom stereocenters. The summed E-state index contributed by atoms with van der Waals surface area (Å²) in [7, 11) is 1.88. The Morgan fingerprint density at radius 3 is 2.50 bits per heavy atom. The SMILES string of the molecule is Cn1ccnc1SC1=CC(O)(CCCCOc2ccccc2)/C(=C\c2ccccc2)C1=O. The van der Waals surface area contributed by atoms with E-state index in [4.69, 9.17) is 4.74 Å². The van der Waals surface area contributed by atoms with Crippen LogP contribution in [0.5, 0.6) is 5.75 Å². The number of hydrogen-bond donors (Lipinski definition) is 1. The number of aryl methyl sites for hydroxylation is 1. The number of thioether (sulfide) groups is 1. The lowest BCUT2D eigenvalue weighted by molar-refractivity contribution is -0.112. The first-order valence-electron chi connectivity index (χ1n) is 10.7. The highest BCUT2D eigenvalue weighted by Crippen LogP contribution is 2.42. The van der Waals surface area contributed by atoms with Crippen LogP contribution in [-0.4, -0.2) is 32.6 Å². The second-order valence-electron chi connectivity index (χ2n) is 7.77. The van der Waals surface area contributed by atoms with Gasteiger partial charge in [-0.2, -0.15) is 0 Å². The van der Waals surface area contributed by atoms with Crippen molar-refractivity contribution in [1.29, 1.82) is 0 Å². The maximum absolute atomic E-state index is 13.3. The predicted molar refractivity (Wildman–Crippen MR) is 127 cm³/mol. The number of hydrogen-bond acceptors (Lipinski definition) is 5. The molecule has 0 saturated carbocycles. The quantitative estimate of drug-likeness (QED) is 0.368. The number of nitrogens with zero attached hydrogens (tertiary/aromatic N) is 2. The van der Waals surface area contributed by atoms with Crippen LogP contribution in [0.15, 0.2) is 94.8 Å². The van der Waals surface area contributed by atoms with E-state index in [1.165, 1.54) is 11.8 Å². The monoisotopic (exact) mass is 446 g/mol. The van der Waals surface area contributed by atoms with Crippen LogP contribution in [0.2, 0.25) is 0 Å². The standard InChI is InChI=1S/C26H26N2O3S/c1-28-16-15-27-25(28)32-23-19-26(30,14-8-9-17-31-21-12-6-3-7-13-21)22(24(23)29)18-20-10-4-2-5-11-20/h2-7,10-13,15-16,18-19,30H,8-9,14,17H2,1H3/b22-18-. The number of unbranched alkanes of at least 4 members (excludes halogenated alkanes) is 1. The molecule has 2 aromatic carbocycles. The molecule has 0 saturated heterocycles. The van der Waals surface area contributed by atoms with Crippen LogP contribution in [0.4, 0.5) is 0 Å². The van der Waals surface area contributed by atoms with E-state index in [-0.39, 0.29) is 5.78 Å². The molecular weight excluding hydrogens is 420 g/mol. The van der Waals surface area contributed by atoms with Gasteiger partial charge in [-0.3, -0.25) is 4.79 Å². The van der Waals surface area contributed by atoms with E-state index in [9.17, 15) is 9.90 Å². The Morgan fingerprint density at radius 2 is 1.81 bits per heavy atom. The van der Waals surface area contributed by atoms with Crippen molar-refractivity contribution >= 4 is 23.6 Å². The van der Waals surface area contributed by atoms with Gasteiger partial charge in [0.05, 0.1) is 11.5 Å². The minimum absolute atomic E-state index is 0.148. The Kier molecular flexibility index (Phi) is 6.93. The van der Waals surface area contributed by atoms with Gasteiger partial charge < -0.3 is 14.4 Å². The number of imidazole rings is 1. The average molecular weight is 447 g/mol. The number of para-hydroxylation sites is 1. The highest BCUT2D eigenvalue weighted by atomic mass is 32.2. The van der Waals surface area contributed by atoms with Crippen molar-refractivity contribution < 1.29 is 14.6 Å². The van der Waals surface area contributed by atoms with Gasteiger partial charge in [-0.1, -0.05) is 48.5 Å². The molecular formula is C26H26N2O3S. The first-order chi connectivity index (χ1) is 15.5. The van der Waals surface area contributed by atoms with E-state index in [0.29, 0.717) is 28.7 Å². The number of benzene rings is 2. The van der Waals surface area contributed by atoms with Crippen LogP contribution in [0.25, 0.3) is 6.08 Å². The van der Waals surface area contributed by atoms with Gasteiger partial charge in [0.1, 0.15) is 11.4 Å². The fraction of sp³-hybridized carbons (Fsp3) is 0.231. The Morgan fingerprint density at radius 1 is 1.09 bits per heavy atom. The summed E-state index contributed by atoms with van der Waals surface area (Å²) >= 11 is 1.29. The fourth-order valence-corrected chi connectivity index (χ4v) is 4.60. The smallest absolute Gasteiger partial charge is 0.198 e. The number of Topliss-reactive ketones (excluding diaryl/α,β-unsaturated/α-hetero) is 1. The van der Waals surface area contributed by atoms with E-state index >= 15 is 0 Å². The van der Waals surface area contributed by atoms with Crippen LogP contribution in [0.1, 0.15) is 24.8 Å². The van der Waals surface area contributed by atoms with E-state index in [0.717, 1.165) is 24.2 Å². The van der Waals surface area contributed by atoms with Gasteiger partial charge in [-0.25, -0.2) is 4.98 Å². The molecule has 164 valence electrons. The van der Waals surface area contributed by atoms with Gasteiger partial charge in [0, 0.05) is 25.0 Å². The van der Waals surface area contributed by atoms with E-state index in [1.807, 2.05) is 78.5 Å². The molecule has 3 aromatic rings. The Bertz CT molecular complexity index is 1120. The largest absolute Gasteiger partial charge is 0.494 e. The summed E-state index contributed by atoms with van der Waals surface area (Å²) in [6.45, 7) is 0.560. The zero-order chi connectivity index (χ0) is 22.4. The highest BCUT2D eigenvalue weighted by Gasteiger charge is 2.42. The lowest BCUT2D eigenvalue weighted by atomic mass is 9.89. The van der Waals surface area contributed by atoms with Gasteiger partial charge in [-0.15, -0.1) is 0 Å². The lowest BCUT2D eigenvalue weighted by Crippen LogP contribution is -2.28. The topological polar surface area (TPSA) is 64.3 Å². The van der Waals surface area contributed by atoms with Gasteiger partial charge in [0.2, 0.25) is 0 Å². The van der Waals surface area contributed by atoms with Crippen molar-refractivity contribution in [2.24, 2.45) is 7.05 Å². The molecule has 1 aromatic heterocycles. The van der Waals surface area contributed by atoms with Crippen LogP contribution in [-0.2, 0) is 11.8 Å². The van der Waals surface area contributed by atoms with Gasteiger partial charge >= 0.3 is 0 Å². The van der Waals surface area contributed by atoms with Crippen molar-refractivity contribution in [2.75, 3.05) is 6.61 Å². The minimum atomic E-state index is -1.31. The molecule has 5 nitrogen and oxygen atoms in total. The van der Waals surface area contributed by atoms with Crippen molar-refractivity contribution in [1.82, 2.24) is 9.55 Å². The summed E-state index contributed by atoms with van der Waals surface area (Å²) in [5.41, 5.74) is -0.0182. The van der Waals surface area contributed by atoms with Crippen LogP contribution >= 0.6 is 11.8 Å². The molecule has 1 aliphatic carbocycles. The number of carbonyl (C=O) groups excluding carboxylic acids is 1. The maximum Gasteiger partial charge on any atom is 0.198 e. The maximum atomic E-state index is 13.3. The molecule has 1 N–H and O–H groups in total. The van der Waals surface area contributed by atoms with Gasteiger partial charge in [0.15, 0.2) is 10.9 Å². The van der Waals surface area contributed by atoms with Crippen molar-refractivity contribution in [3.05, 3.63) is 95.2 Å². The molecule has 0 radical (unpaired) electrons. The average Bonchev–Trinajstić information content (AvgIpc) is 3.31. The number of carbonyl (C=O) groups is 1. The number of rotatable bonds is 9. The van der Waals surface area contributed by atoms with Gasteiger partial charge in [-0.05, 0) is 60.9 Å². The number of ether oxygens (including phenoxy) is 1. The highest BCUT2D eigenvalue weighted by molar-refractivity contribution is 8.03. The molecule has 0 bridgehead atoms. The van der Waals surface area contributed by atoms with Gasteiger partial charge in [0.25, 0.3) is 0 Å². The van der Waals surface area contributed by atoms with Crippen molar-refractivity contribution in [3.63, 3.8) is 0 Å². The molecule has 0 amide bonds. The lowest BCUT2D eigenvalue weighted by Gasteiger charge is -2.22. The number of aliphatic hydroxyl groups is 1. The first-order valence-corrected chi connectivity index (χ1v) is 11.5. The molecule has 6 heteroatoms. The molecule has 1 heterocycles. The summed E-state index contributed by atoms with van der Waals surface area (Å²) in [6, 6.07) is 19.3. The van der Waals surface area contributed by atoms with Crippen molar-refractivity contribution in [2.45, 2.75) is 30.0 Å². The van der Waals surface area contributed by atoms with Crippen LogP contribution in [0.3, 0.4) is 0 Å². The second kappa shape index (κ2) is 10.0. The summed E-state index contributed by atoms with van der Waals surface area (Å²) < 4.78 is 7.62. The van der Waals surface area contributed by atoms with E-state index < -0.39 is 5.60 Å². The molecule has 0 fully saturated rings. The van der Waals surface area contributed by atoms with E-state index in [2.05, 4.69) is 4.98 Å². The van der Waals surface area contributed by atoms with E-state index in [1.54, 1.807) is 18.3 Å². The second-order valence-corrected chi connectivity index (χ2v) is 8.78.